The minimum atomic E-state index is -0.543. The molecule has 1 aromatic rings. The number of benzene rings is 1. The third-order valence-corrected chi connectivity index (χ3v) is 2.82. The molecule has 3 heteroatoms. The zero-order chi connectivity index (χ0) is 12.4. The van der Waals surface area contributed by atoms with Gasteiger partial charge in [-0.25, -0.2) is 0 Å². The van der Waals surface area contributed by atoms with Gasteiger partial charge in [0, 0.05) is 0 Å². The van der Waals surface area contributed by atoms with Crippen molar-refractivity contribution in [3.8, 4) is 0 Å². The monoisotopic (exact) mass is 283 g/mol. The van der Waals surface area contributed by atoms with E-state index in [0.29, 0.717) is 0 Å². The molecule has 0 saturated carbocycles. The van der Waals surface area contributed by atoms with Crippen LogP contribution in [0, 0.1) is 0 Å². The van der Waals surface area contributed by atoms with Crippen molar-refractivity contribution in [2.24, 2.45) is 0 Å². The second-order valence-electron chi connectivity index (χ2n) is 4.92. The van der Waals surface area contributed by atoms with Crippen LogP contribution in [-0.2, 0) is 10.3 Å². The predicted octanol–water partition coefficient (Wildman–Crippen LogP) is 3.21. The maximum atomic E-state index is 11.9. The molecule has 0 aliphatic rings. The van der Waals surface area contributed by atoms with Gasteiger partial charge in [-0.3, -0.25) is 4.79 Å². The summed E-state index contributed by atoms with van der Waals surface area (Å²) in [6.07, 6.45) is 0. The summed E-state index contributed by atoms with van der Waals surface area (Å²) in [4.78, 5) is 11.9. The van der Waals surface area contributed by atoms with Gasteiger partial charge in [0.15, 0.2) is 0 Å². The lowest BCUT2D eigenvalue weighted by atomic mass is 9.93. The Bertz CT molecular complexity index is 365. The van der Waals surface area contributed by atoms with E-state index in [-0.39, 0.29) is 11.4 Å². The molecule has 1 rings (SSSR count). The number of carbonyl (C=O) groups is 1. The average Bonchev–Trinajstić information content (AvgIpc) is 2.17. The van der Waals surface area contributed by atoms with E-state index in [0.717, 1.165) is 5.56 Å². The van der Waals surface area contributed by atoms with E-state index in [2.05, 4.69) is 21.2 Å². The fraction of sp³-hybridized carbons (Fsp3) is 0.462. The zero-order valence-corrected chi connectivity index (χ0v) is 11.8. The average molecular weight is 284 g/mol. The SMILES string of the molecule is CC(C)(Br)C(=O)NC(C)(C)c1ccccc1. The molecule has 0 aromatic heterocycles. The molecule has 0 spiro atoms. The van der Waals surface area contributed by atoms with Gasteiger partial charge in [-0.05, 0) is 33.3 Å². The standard InChI is InChI=1S/C13H18BrNO/c1-12(2,14)11(16)15-13(3,4)10-8-6-5-7-9-10/h5-9H,1-4H3,(H,15,16). The van der Waals surface area contributed by atoms with Gasteiger partial charge in [0.05, 0.1) is 9.86 Å². The van der Waals surface area contributed by atoms with E-state index in [9.17, 15) is 4.79 Å². The summed E-state index contributed by atoms with van der Waals surface area (Å²) in [5.74, 6) is -0.0126. The Hall–Kier alpha value is -0.830. The second kappa shape index (κ2) is 4.58. The topological polar surface area (TPSA) is 29.1 Å². The summed E-state index contributed by atoms with van der Waals surface area (Å²) in [6.45, 7) is 7.67. The molecule has 0 fully saturated rings. The van der Waals surface area contributed by atoms with Gasteiger partial charge in [0.25, 0.3) is 0 Å². The Morgan fingerprint density at radius 3 is 2.06 bits per heavy atom. The fourth-order valence-electron chi connectivity index (χ4n) is 1.36. The first-order chi connectivity index (χ1) is 7.23. The lowest BCUT2D eigenvalue weighted by Gasteiger charge is -2.30. The molecule has 0 radical (unpaired) electrons. The van der Waals surface area contributed by atoms with Crippen molar-refractivity contribution in [2.75, 3.05) is 0 Å². The van der Waals surface area contributed by atoms with Gasteiger partial charge in [-0.2, -0.15) is 0 Å². The van der Waals surface area contributed by atoms with E-state index >= 15 is 0 Å². The van der Waals surface area contributed by atoms with Crippen LogP contribution in [0.25, 0.3) is 0 Å². The number of hydrogen-bond acceptors (Lipinski definition) is 1. The first kappa shape index (κ1) is 13.2. The number of rotatable bonds is 3. The van der Waals surface area contributed by atoms with Crippen molar-refractivity contribution in [1.29, 1.82) is 0 Å². The molecule has 0 unspecified atom stereocenters. The summed E-state index contributed by atoms with van der Waals surface area (Å²) < 4.78 is -0.543. The maximum absolute atomic E-state index is 11.9. The summed E-state index contributed by atoms with van der Waals surface area (Å²) in [7, 11) is 0. The van der Waals surface area contributed by atoms with Crippen LogP contribution in [0.3, 0.4) is 0 Å². The number of halogens is 1. The van der Waals surface area contributed by atoms with Crippen molar-refractivity contribution >= 4 is 21.8 Å². The van der Waals surface area contributed by atoms with Gasteiger partial charge in [-0.1, -0.05) is 46.3 Å². The number of nitrogens with one attached hydrogen (secondary N) is 1. The Morgan fingerprint density at radius 2 is 1.62 bits per heavy atom. The smallest absolute Gasteiger partial charge is 0.237 e. The van der Waals surface area contributed by atoms with Crippen LogP contribution in [0.5, 0.6) is 0 Å². The van der Waals surface area contributed by atoms with E-state index in [1.165, 1.54) is 0 Å². The van der Waals surface area contributed by atoms with Crippen LogP contribution >= 0.6 is 15.9 Å². The highest BCUT2D eigenvalue weighted by Gasteiger charge is 2.30. The number of alkyl halides is 1. The van der Waals surface area contributed by atoms with Crippen molar-refractivity contribution in [1.82, 2.24) is 5.32 Å². The summed E-state index contributed by atoms with van der Waals surface area (Å²) in [5.41, 5.74) is 0.740. The van der Waals surface area contributed by atoms with Crippen LogP contribution in [0.1, 0.15) is 33.3 Å². The number of hydrogen-bond donors (Lipinski definition) is 1. The third-order valence-electron chi connectivity index (χ3n) is 2.46. The second-order valence-corrected chi connectivity index (χ2v) is 6.90. The zero-order valence-electron chi connectivity index (χ0n) is 10.2. The molecule has 0 bridgehead atoms. The van der Waals surface area contributed by atoms with E-state index in [1.807, 2.05) is 58.0 Å². The highest BCUT2D eigenvalue weighted by molar-refractivity contribution is 9.10. The van der Waals surface area contributed by atoms with E-state index in [4.69, 9.17) is 0 Å². The normalized spacial score (nSPS) is 12.3. The molecule has 0 saturated heterocycles. The van der Waals surface area contributed by atoms with Gasteiger partial charge in [0.1, 0.15) is 0 Å². The molecule has 0 aliphatic carbocycles. The van der Waals surface area contributed by atoms with Crippen molar-refractivity contribution in [2.45, 2.75) is 37.6 Å². The van der Waals surface area contributed by atoms with Crippen molar-refractivity contribution in [3.05, 3.63) is 35.9 Å². The molecule has 1 amide bonds. The molecule has 1 aromatic carbocycles. The lowest BCUT2D eigenvalue weighted by molar-refractivity contribution is -0.124. The van der Waals surface area contributed by atoms with Gasteiger partial charge >= 0.3 is 0 Å². The van der Waals surface area contributed by atoms with Crippen LogP contribution in [0.4, 0.5) is 0 Å². The molecule has 1 N–H and O–H groups in total. The Labute approximate surface area is 106 Å². The molecular weight excluding hydrogens is 266 g/mol. The quantitative estimate of drug-likeness (QED) is 0.848. The van der Waals surface area contributed by atoms with Gasteiger partial charge in [-0.15, -0.1) is 0 Å². The number of amides is 1. The summed E-state index contributed by atoms with van der Waals surface area (Å²) in [6, 6.07) is 9.95. The van der Waals surface area contributed by atoms with Gasteiger partial charge in [0.2, 0.25) is 5.91 Å². The largest absolute Gasteiger partial charge is 0.346 e. The Morgan fingerprint density at radius 1 is 1.12 bits per heavy atom. The Kier molecular flexibility index (Phi) is 3.79. The fourth-order valence-corrected chi connectivity index (χ4v) is 1.46. The summed E-state index contributed by atoms with van der Waals surface area (Å²) >= 11 is 3.36. The third kappa shape index (κ3) is 3.34. The summed E-state index contributed by atoms with van der Waals surface area (Å²) in [5, 5.41) is 3.03. The van der Waals surface area contributed by atoms with Crippen LogP contribution in [0.2, 0.25) is 0 Å². The molecule has 2 nitrogen and oxygen atoms in total. The highest BCUT2D eigenvalue weighted by Crippen LogP contribution is 2.23. The Balaban J connectivity index is 2.85. The highest BCUT2D eigenvalue weighted by atomic mass is 79.9. The first-order valence-corrected chi connectivity index (χ1v) is 6.10. The molecule has 0 aliphatic heterocycles. The van der Waals surface area contributed by atoms with Crippen LogP contribution in [0.15, 0.2) is 30.3 Å². The van der Waals surface area contributed by atoms with Crippen molar-refractivity contribution in [3.63, 3.8) is 0 Å². The molecule has 0 atom stereocenters. The number of carbonyl (C=O) groups excluding carboxylic acids is 1. The molecule has 88 valence electrons. The van der Waals surface area contributed by atoms with E-state index in [1.54, 1.807) is 0 Å². The lowest BCUT2D eigenvalue weighted by Crippen LogP contribution is -2.47. The molecular formula is C13H18BrNO. The predicted molar refractivity (Wildman–Crippen MR) is 70.6 cm³/mol. The maximum Gasteiger partial charge on any atom is 0.237 e. The van der Waals surface area contributed by atoms with E-state index < -0.39 is 4.32 Å². The first-order valence-electron chi connectivity index (χ1n) is 5.30. The minimum Gasteiger partial charge on any atom is -0.346 e. The van der Waals surface area contributed by atoms with Crippen LogP contribution < -0.4 is 5.32 Å². The van der Waals surface area contributed by atoms with Crippen LogP contribution in [-0.4, -0.2) is 10.2 Å². The molecule has 0 heterocycles. The van der Waals surface area contributed by atoms with Crippen molar-refractivity contribution < 1.29 is 4.79 Å². The molecule has 16 heavy (non-hydrogen) atoms. The van der Waals surface area contributed by atoms with Gasteiger partial charge < -0.3 is 5.32 Å². The minimum absolute atomic E-state index is 0.0126.